The standard InChI is InChI=1S/C10H11ClO3/c1-2-13-9-5-3-8(4-6-9)7-14-10(11)12/h3-6H,2,7H2,1H3. The normalized spacial score (nSPS) is 9.57. The minimum Gasteiger partial charge on any atom is -0.494 e. The van der Waals surface area contributed by atoms with E-state index >= 15 is 0 Å². The van der Waals surface area contributed by atoms with Gasteiger partial charge < -0.3 is 9.47 Å². The summed E-state index contributed by atoms with van der Waals surface area (Å²) in [5.74, 6) is 0.799. The van der Waals surface area contributed by atoms with Crippen LogP contribution in [0.5, 0.6) is 5.75 Å². The van der Waals surface area contributed by atoms with Crippen LogP contribution in [0.2, 0.25) is 0 Å². The molecule has 0 unspecified atom stereocenters. The molecule has 14 heavy (non-hydrogen) atoms. The number of hydrogen-bond acceptors (Lipinski definition) is 3. The van der Waals surface area contributed by atoms with Crippen molar-refractivity contribution in [3.63, 3.8) is 0 Å². The van der Waals surface area contributed by atoms with Gasteiger partial charge in [-0.1, -0.05) is 12.1 Å². The van der Waals surface area contributed by atoms with E-state index in [9.17, 15) is 4.79 Å². The maximum absolute atomic E-state index is 10.3. The van der Waals surface area contributed by atoms with Crippen molar-refractivity contribution in [3.8, 4) is 5.75 Å². The number of benzene rings is 1. The number of rotatable bonds is 4. The van der Waals surface area contributed by atoms with Crippen LogP contribution in [0.15, 0.2) is 24.3 Å². The lowest BCUT2D eigenvalue weighted by Crippen LogP contribution is -1.95. The van der Waals surface area contributed by atoms with Crippen LogP contribution < -0.4 is 4.74 Å². The lowest BCUT2D eigenvalue weighted by molar-refractivity contribution is 0.167. The molecule has 0 fully saturated rings. The number of ether oxygens (including phenoxy) is 2. The molecule has 0 N–H and O–H groups in total. The molecule has 0 amide bonds. The summed E-state index contributed by atoms with van der Waals surface area (Å²) in [6.07, 6.45) is 0. The maximum atomic E-state index is 10.3. The van der Waals surface area contributed by atoms with Gasteiger partial charge in [0.2, 0.25) is 0 Å². The van der Waals surface area contributed by atoms with Gasteiger partial charge in [0.1, 0.15) is 12.4 Å². The smallest absolute Gasteiger partial charge is 0.404 e. The molecule has 76 valence electrons. The van der Waals surface area contributed by atoms with Crippen molar-refractivity contribution in [2.24, 2.45) is 0 Å². The Balaban J connectivity index is 2.50. The summed E-state index contributed by atoms with van der Waals surface area (Å²) in [4.78, 5) is 10.3. The van der Waals surface area contributed by atoms with Gasteiger partial charge in [0.25, 0.3) is 0 Å². The second-order valence-corrected chi connectivity index (χ2v) is 2.91. The molecule has 0 aliphatic heterocycles. The molecule has 0 atom stereocenters. The van der Waals surface area contributed by atoms with Crippen LogP contribution >= 0.6 is 11.6 Å². The third kappa shape index (κ3) is 3.66. The summed E-state index contributed by atoms with van der Waals surface area (Å²) in [5, 5.41) is 0. The summed E-state index contributed by atoms with van der Waals surface area (Å²) >= 11 is 5.02. The summed E-state index contributed by atoms with van der Waals surface area (Å²) < 4.78 is 9.87. The van der Waals surface area contributed by atoms with E-state index in [1.165, 1.54) is 0 Å². The van der Waals surface area contributed by atoms with E-state index in [-0.39, 0.29) is 6.61 Å². The Kier molecular flexibility index (Phi) is 4.26. The largest absolute Gasteiger partial charge is 0.494 e. The van der Waals surface area contributed by atoms with E-state index in [1.54, 1.807) is 0 Å². The zero-order valence-corrected chi connectivity index (χ0v) is 8.58. The van der Waals surface area contributed by atoms with E-state index in [0.29, 0.717) is 6.61 Å². The lowest BCUT2D eigenvalue weighted by atomic mass is 10.2. The molecule has 0 saturated heterocycles. The van der Waals surface area contributed by atoms with Crippen molar-refractivity contribution >= 4 is 17.0 Å². The Morgan fingerprint density at radius 1 is 1.36 bits per heavy atom. The van der Waals surface area contributed by atoms with Crippen LogP contribution in [-0.2, 0) is 11.3 Å². The van der Waals surface area contributed by atoms with E-state index < -0.39 is 5.43 Å². The molecule has 0 aliphatic carbocycles. The SMILES string of the molecule is CCOc1ccc(COC(=O)Cl)cc1. The molecule has 0 radical (unpaired) electrons. The van der Waals surface area contributed by atoms with Gasteiger partial charge in [-0.05, 0) is 24.6 Å². The third-order valence-electron chi connectivity index (χ3n) is 1.59. The fourth-order valence-corrected chi connectivity index (χ4v) is 1.04. The molecule has 0 saturated carbocycles. The van der Waals surface area contributed by atoms with Gasteiger partial charge in [-0.3, -0.25) is 0 Å². The van der Waals surface area contributed by atoms with Crippen LogP contribution in [0.25, 0.3) is 0 Å². The first-order valence-electron chi connectivity index (χ1n) is 4.26. The minimum absolute atomic E-state index is 0.189. The van der Waals surface area contributed by atoms with Crippen LogP contribution in [0.4, 0.5) is 4.79 Å². The van der Waals surface area contributed by atoms with Gasteiger partial charge in [0.15, 0.2) is 0 Å². The van der Waals surface area contributed by atoms with Gasteiger partial charge in [-0.25, -0.2) is 4.79 Å². The minimum atomic E-state index is -0.793. The zero-order chi connectivity index (χ0) is 10.4. The van der Waals surface area contributed by atoms with Crippen molar-refractivity contribution in [3.05, 3.63) is 29.8 Å². The summed E-state index contributed by atoms with van der Waals surface area (Å²) in [6, 6.07) is 7.29. The average Bonchev–Trinajstić information content (AvgIpc) is 2.17. The fraction of sp³-hybridized carbons (Fsp3) is 0.300. The highest BCUT2D eigenvalue weighted by Gasteiger charge is 1.98. The maximum Gasteiger partial charge on any atom is 0.404 e. The van der Waals surface area contributed by atoms with Gasteiger partial charge >= 0.3 is 5.43 Å². The van der Waals surface area contributed by atoms with E-state index in [2.05, 4.69) is 4.74 Å². The first-order valence-corrected chi connectivity index (χ1v) is 4.64. The molecule has 0 aromatic heterocycles. The van der Waals surface area contributed by atoms with Gasteiger partial charge in [-0.2, -0.15) is 0 Å². The van der Waals surface area contributed by atoms with E-state index in [4.69, 9.17) is 16.3 Å². The molecule has 3 nitrogen and oxygen atoms in total. The topological polar surface area (TPSA) is 35.5 Å². The molecule has 0 aliphatic rings. The second-order valence-electron chi connectivity index (χ2n) is 2.60. The molecule has 1 aromatic carbocycles. The summed E-state index contributed by atoms with van der Waals surface area (Å²) in [6.45, 7) is 2.74. The first-order chi connectivity index (χ1) is 6.72. The van der Waals surface area contributed by atoms with Crippen LogP contribution in [0.3, 0.4) is 0 Å². The quantitative estimate of drug-likeness (QED) is 0.723. The Bertz CT molecular complexity index is 295. The van der Waals surface area contributed by atoms with Gasteiger partial charge in [-0.15, -0.1) is 0 Å². The first kappa shape index (κ1) is 10.9. The molecule has 4 heteroatoms. The van der Waals surface area contributed by atoms with Crippen molar-refractivity contribution in [2.75, 3.05) is 6.61 Å². The molecular formula is C10H11ClO3. The number of halogens is 1. The molecule has 0 heterocycles. The number of carbonyl (C=O) groups excluding carboxylic acids is 1. The highest BCUT2D eigenvalue weighted by Crippen LogP contribution is 2.12. The highest BCUT2D eigenvalue weighted by molar-refractivity contribution is 6.61. The summed E-state index contributed by atoms with van der Waals surface area (Å²) in [7, 11) is 0. The molecule has 1 rings (SSSR count). The number of hydrogen-bond donors (Lipinski definition) is 0. The van der Waals surface area contributed by atoms with Crippen molar-refractivity contribution < 1.29 is 14.3 Å². The molecule has 0 bridgehead atoms. The monoisotopic (exact) mass is 214 g/mol. The van der Waals surface area contributed by atoms with Crippen LogP contribution in [0, 0.1) is 0 Å². The van der Waals surface area contributed by atoms with E-state index in [0.717, 1.165) is 11.3 Å². The highest BCUT2D eigenvalue weighted by atomic mass is 35.5. The molecular weight excluding hydrogens is 204 g/mol. The second kappa shape index (κ2) is 5.50. The Morgan fingerprint density at radius 2 is 2.00 bits per heavy atom. The Labute approximate surface area is 87.6 Å². The van der Waals surface area contributed by atoms with E-state index in [1.807, 2.05) is 31.2 Å². The molecule has 1 aromatic rings. The van der Waals surface area contributed by atoms with Crippen LogP contribution in [0.1, 0.15) is 12.5 Å². The fourth-order valence-electron chi connectivity index (χ4n) is 0.989. The predicted molar refractivity (Wildman–Crippen MR) is 53.6 cm³/mol. The predicted octanol–water partition coefficient (Wildman–Crippen LogP) is 2.96. The van der Waals surface area contributed by atoms with Crippen molar-refractivity contribution in [2.45, 2.75) is 13.5 Å². The van der Waals surface area contributed by atoms with Gasteiger partial charge in [0.05, 0.1) is 6.61 Å². The Morgan fingerprint density at radius 3 is 2.50 bits per heavy atom. The Hall–Kier alpha value is -1.22. The zero-order valence-electron chi connectivity index (χ0n) is 7.83. The summed E-state index contributed by atoms with van der Waals surface area (Å²) in [5.41, 5.74) is 0.0846. The van der Waals surface area contributed by atoms with Crippen molar-refractivity contribution in [1.29, 1.82) is 0 Å². The average molecular weight is 215 g/mol. The van der Waals surface area contributed by atoms with Crippen LogP contribution in [-0.4, -0.2) is 12.0 Å². The lowest BCUT2D eigenvalue weighted by Gasteiger charge is -2.04. The molecule has 0 spiro atoms. The van der Waals surface area contributed by atoms with Crippen molar-refractivity contribution in [1.82, 2.24) is 0 Å². The number of carbonyl (C=O) groups is 1. The third-order valence-corrected chi connectivity index (χ3v) is 1.70. The van der Waals surface area contributed by atoms with Gasteiger partial charge in [0, 0.05) is 11.6 Å².